The summed E-state index contributed by atoms with van der Waals surface area (Å²) in [6.45, 7) is 1.98. The van der Waals surface area contributed by atoms with Crippen molar-refractivity contribution >= 4 is 35.0 Å². The van der Waals surface area contributed by atoms with Gasteiger partial charge in [0.25, 0.3) is 0 Å². The Morgan fingerprint density at radius 2 is 2.29 bits per heavy atom. The number of nitrogens with zero attached hydrogens (tertiary/aromatic N) is 1. The van der Waals surface area contributed by atoms with Crippen LogP contribution in [0, 0.1) is 0 Å². The van der Waals surface area contributed by atoms with Crippen molar-refractivity contribution in [1.29, 1.82) is 0 Å². The number of halogens is 2. The molecule has 1 heterocycles. The van der Waals surface area contributed by atoms with Gasteiger partial charge in [-0.2, -0.15) is 11.8 Å². The predicted molar refractivity (Wildman–Crippen MR) is 64.1 cm³/mol. The Morgan fingerprint density at radius 3 is 2.86 bits per heavy atom. The van der Waals surface area contributed by atoms with Crippen molar-refractivity contribution in [2.24, 2.45) is 5.73 Å². The molecule has 2 nitrogen and oxygen atoms in total. The van der Waals surface area contributed by atoms with E-state index >= 15 is 0 Å². The Hall–Kier alpha value is 0.0400. The lowest BCUT2D eigenvalue weighted by Gasteiger charge is -2.06. The van der Waals surface area contributed by atoms with E-state index in [0.29, 0.717) is 10.2 Å². The molecular weight excluding hydrogens is 239 g/mol. The molecule has 0 saturated carbocycles. The van der Waals surface area contributed by atoms with Gasteiger partial charge in [-0.25, -0.2) is 4.98 Å². The van der Waals surface area contributed by atoms with Gasteiger partial charge in [0.2, 0.25) is 0 Å². The zero-order chi connectivity index (χ0) is 10.6. The van der Waals surface area contributed by atoms with Crippen molar-refractivity contribution in [1.82, 2.24) is 4.98 Å². The smallest absolute Gasteiger partial charge is 0.130 e. The summed E-state index contributed by atoms with van der Waals surface area (Å²) < 4.78 is 0. The van der Waals surface area contributed by atoms with Crippen molar-refractivity contribution in [3.05, 3.63) is 28.0 Å². The molecule has 0 saturated heterocycles. The Morgan fingerprint density at radius 1 is 1.57 bits per heavy atom. The molecule has 1 aromatic heterocycles. The summed E-state index contributed by atoms with van der Waals surface area (Å²) in [7, 11) is 0. The fraction of sp³-hybridized carbons (Fsp3) is 0.444. The number of nitrogens with two attached hydrogens (primary N) is 1. The quantitative estimate of drug-likeness (QED) is 0.836. The van der Waals surface area contributed by atoms with Gasteiger partial charge in [0.15, 0.2) is 0 Å². The Balaban J connectivity index is 2.51. The van der Waals surface area contributed by atoms with Crippen LogP contribution in [0.25, 0.3) is 0 Å². The lowest BCUT2D eigenvalue weighted by Crippen LogP contribution is -2.17. The number of pyridine rings is 1. The standard InChI is InChI=1S/C9H12Cl2N2S/c1-6(12)4-14-5-7-3-13-9(11)2-8(7)10/h2-3,6H,4-5,12H2,1H3. The van der Waals surface area contributed by atoms with E-state index in [-0.39, 0.29) is 6.04 Å². The molecule has 0 aliphatic rings. The van der Waals surface area contributed by atoms with Crippen molar-refractivity contribution in [2.75, 3.05) is 5.75 Å². The monoisotopic (exact) mass is 250 g/mol. The molecule has 0 bridgehead atoms. The average Bonchev–Trinajstić information content (AvgIpc) is 2.08. The van der Waals surface area contributed by atoms with Gasteiger partial charge < -0.3 is 5.73 Å². The van der Waals surface area contributed by atoms with E-state index in [1.54, 1.807) is 24.0 Å². The lowest BCUT2D eigenvalue weighted by atomic mass is 10.3. The predicted octanol–water partition coefficient (Wildman–Crippen LogP) is 2.97. The maximum Gasteiger partial charge on any atom is 0.130 e. The first-order valence-electron chi connectivity index (χ1n) is 4.23. The first kappa shape index (κ1) is 12.1. The molecule has 1 aromatic rings. The summed E-state index contributed by atoms with van der Waals surface area (Å²) in [6, 6.07) is 1.87. The first-order valence-corrected chi connectivity index (χ1v) is 6.14. The van der Waals surface area contributed by atoms with E-state index in [1.165, 1.54) is 0 Å². The minimum atomic E-state index is 0.207. The van der Waals surface area contributed by atoms with Gasteiger partial charge >= 0.3 is 0 Å². The summed E-state index contributed by atoms with van der Waals surface area (Å²) in [6.07, 6.45) is 1.71. The summed E-state index contributed by atoms with van der Waals surface area (Å²) in [5.41, 5.74) is 6.63. The van der Waals surface area contributed by atoms with Crippen LogP contribution in [-0.4, -0.2) is 16.8 Å². The minimum Gasteiger partial charge on any atom is -0.327 e. The molecule has 0 aliphatic carbocycles. The second-order valence-electron chi connectivity index (χ2n) is 3.09. The van der Waals surface area contributed by atoms with E-state index in [2.05, 4.69) is 4.98 Å². The van der Waals surface area contributed by atoms with E-state index in [1.807, 2.05) is 6.92 Å². The Labute approximate surface area is 98.2 Å². The number of thioether (sulfide) groups is 1. The molecule has 78 valence electrons. The number of hydrogen-bond donors (Lipinski definition) is 1. The fourth-order valence-electron chi connectivity index (χ4n) is 0.897. The summed E-state index contributed by atoms with van der Waals surface area (Å²) in [4.78, 5) is 3.97. The zero-order valence-corrected chi connectivity index (χ0v) is 10.2. The van der Waals surface area contributed by atoms with E-state index in [0.717, 1.165) is 17.1 Å². The van der Waals surface area contributed by atoms with Crippen molar-refractivity contribution in [3.8, 4) is 0 Å². The Bertz CT molecular complexity index is 305. The molecule has 1 rings (SSSR count). The van der Waals surface area contributed by atoms with Crippen LogP contribution in [0.5, 0.6) is 0 Å². The number of aromatic nitrogens is 1. The lowest BCUT2D eigenvalue weighted by molar-refractivity contribution is 0.847. The van der Waals surface area contributed by atoms with Crippen LogP contribution < -0.4 is 5.73 Å². The molecule has 1 atom stereocenters. The average molecular weight is 251 g/mol. The molecule has 1 unspecified atom stereocenters. The summed E-state index contributed by atoms with van der Waals surface area (Å²) in [5.74, 6) is 1.74. The van der Waals surface area contributed by atoms with Crippen molar-refractivity contribution in [3.63, 3.8) is 0 Å². The molecule has 14 heavy (non-hydrogen) atoms. The van der Waals surface area contributed by atoms with E-state index in [4.69, 9.17) is 28.9 Å². The highest BCUT2D eigenvalue weighted by atomic mass is 35.5. The van der Waals surface area contributed by atoms with Crippen LogP contribution in [0.15, 0.2) is 12.3 Å². The van der Waals surface area contributed by atoms with Gasteiger partial charge in [-0.3, -0.25) is 0 Å². The fourth-order valence-corrected chi connectivity index (χ4v) is 2.35. The highest BCUT2D eigenvalue weighted by Crippen LogP contribution is 2.22. The maximum absolute atomic E-state index is 5.98. The number of hydrogen-bond acceptors (Lipinski definition) is 3. The van der Waals surface area contributed by atoms with Crippen LogP contribution in [0.3, 0.4) is 0 Å². The van der Waals surface area contributed by atoms with Gasteiger partial charge in [-0.1, -0.05) is 23.2 Å². The van der Waals surface area contributed by atoms with Crippen LogP contribution >= 0.6 is 35.0 Å². The second kappa shape index (κ2) is 5.81. The molecule has 0 amide bonds. The van der Waals surface area contributed by atoms with Crippen molar-refractivity contribution in [2.45, 2.75) is 18.7 Å². The second-order valence-corrected chi connectivity index (χ2v) is 4.92. The largest absolute Gasteiger partial charge is 0.327 e. The highest BCUT2D eigenvalue weighted by Gasteiger charge is 2.03. The molecule has 5 heteroatoms. The summed E-state index contributed by atoms with van der Waals surface area (Å²) in [5, 5.41) is 1.10. The van der Waals surface area contributed by atoms with Gasteiger partial charge in [-0.15, -0.1) is 0 Å². The molecule has 0 spiro atoms. The molecular formula is C9H12Cl2N2S. The van der Waals surface area contributed by atoms with Crippen LogP contribution in [-0.2, 0) is 5.75 Å². The molecule has 0 fully saturated rings. The van der Waals surface area contributed by atoms with Crippen LogP contribution in [0.2, 0.25) is 10.2 Å². The van der Waals surface area contributed by atoms with Crippen molar-refractivity contribution < 1.29 is 0 Å². The third-order valence-electron chi connectivity index (χ3n) is 1.53. The van der Waals surface area contributed by atoms with E-state index in [9.17, 15) is 0 Å². The highest BCUT2D eigenvalue weighted by molar-refractivity contribution is 7.98. The topological polar surface area (TPSA) is 38.9 Å². The van der Waals surface area contributed by atoms with Crippen LogP contribution in [0.4, 0.5) is 0 Å². The molecule has 0 aliphatic heterocycles. The SMILES string of the molecule is CC(N)CSCc1cnc(Cl)cc1Cl. The third kappa shape index (κ3) is 4.05. The zero-order valence-electron chi connectivity index (χ0n) is 7.84. The van der Waals surface area contributed by atoms with Gasteiger partial charge in [0.05, 0.1) is 0 Å². The maximum atomic E-state index is 5.98. The van der Waals surface area contributed by atoms with Crippen LogP contribution in [0.1, 0.15) is 12.5 Å². The minimum absolute atomic E-state index is 0.207. The molecule has 2 N–H and O–H groups in total. The Kier molecular flexibility index (Phi) is 5.02. The summed E-state index contributed by atoms with van der Waals surface area (Å²) >= 11 is 13.4. The van der Waals surface area contributed by atoms with E-state index < -0.39 is 0 Å². The van der Waals surface area contributed by atoms with Gasteiger partial charge in [0.1, 0.15) is 5.15 Å². The van der Waals surface area contributed by atoms with Gasteiger partial charge in [0, 0.05) is 28.8 Å². The molecule has 0 radical (unpaired) electrons. The number of rotatable bonds is 4. The first-order chi connectivity index (χ1) is 6.59. The third-order valence-corrected chi connectivity index (χ3v) is 3.37. The van der Waals surface area contributed by atoms with Gasteiger partial charge in [-0.05, 0) is 18.6 Å². The molecule has 0 aromatic carbocycles. The normalized spacial score (nSPS) is 12.9.